The van der Waals surface area contributed by atoms with Crippen molar-refractivity contribution in [2.45, 2.75) is 4.90 Å². The van der Waals surface area contributed by atoms with Gasteiger partial charge in [-0.3, -0.25) is 20.2 Å². The van der Waals surface area contributed by atoms with Crippen LogP contribution in [0.1, 0.15) is 10.4 Å². The lowest BCUT2D eigenvalue weighted by molar-refractivity contribution is -0.385. The molecule has 0 saturated carbocycles. The molecule has 0 aliphatic carbocycles. The quantitative estimate of drug-likeness (QED) is 0.448. The Kier molecular flexibility index (Phi) is 5.80. The summed E-state index contributed by atoms with van der Waals surface area (Å²) in [4.78, 5) is 26.7. The van der Waals surface area contributed by atoms with Crippen LogP contribution in [-0.4, -0.2) is 37.6 Å². The molecule has 1 aromatic heterocycles. The van der Waals surface area contributed by atoms with E-state index in [0.29, 0.717) is 17.0 Å². The van der Waals surface area contributed by atoms with Crippen LogP contribution >= 0.6 is 11.3 Å². The monoisotopic (exact) mass is 451 g/mol. The Bertz CT molecular complexity index is 1260. The number of nitrogens with one attached hydrogen (secondary N) is 1. The first-order valence-electron chi connectivity index (χ1n) is 8.19. The Morgan fingerprint density at radius 1 is 1.27 bits per heavy atom. The van der Waals surface area contributed by atoms with E-state index >= 15 is 0 Å². The molecule has 3 aromatic rings. The van der Waals surface area contributed by atoms with Gasteiger partial charge in [0.1, 0.15) is 11.6 Å². The maximum Gasteiger partial charge on any atom is 0.271 e. The molecular formula is C18H14FN3O6S2. The Balaban J connectivity index is 1.92. The zero-order valence-electron chi connectivity index (χ0n) is 15.6. The van der Waals surface area contributed by atoms with Gasteiger partial charge in [0.25, 0.3) is 11.6 Å². The minimum atomic E-state index is -3.78. The predicted molar refractivity (Wildman–Crippen MR) is 108 cm³/mol. The molecule has 0 saturated heterocycles. The van der Waals surface area contributed by atoms with Crippen molar-refractivity contribution in [2.75, 3.05) is 18.7 Å². The van der Waals surface area contributed by atoms with Crippen LogP contribution in [0, 0.1) is 15.9 Å². The fourth-order valence-electron chi connectivity index (χ4n) is 2.54. The lowest BCUT2D eigenvalue weighted by Gasteiger charge is -2.06. The van der Waals surface area contributed by atoms with Crippen molar-refractivity contribution in [3.05, 3.63) is 63.3 Å². The second-order valence-corrected chi connectivity index (χ2v) is 8.96. The molecular weight excluding hydrogens is 437 g/mol. The van der Waals surface area contributed by atoms with Crippen molar-refractivity contribution in [3.63, 3.8) is 0 Å². The molecule has 30 heavy (non-hydrogen) atoms. The van der Waals surface area contributed by atoms with Crippen LogP contribution in [0.3, 0.4) is 0 Å². The molecule has 1 amide bonds. The number of hydrogen-bond donors (Lipinski definition) is 1. The molecule has 0 radical (unpaired) electrons. The topological polar surface area (TPSA) is 128 Å². The lowest BCUT2D eigenvalue weighted by Crippen LogP contribution is -2.13. The van der Waals surface area contributed by atoms with Gasteiger partial charge in [-0.15, -0.1) is 11.3 Å². The smallest absolute Gasteiger partial charge is 0.271 e. The van der Waals surface area contributed by atoms with Gasteiger partial charge < -0.3 is 4.74 Å². The van der Waals surface area contributed by atoms with E-state index in [1.165, 1.54) is 25.3 Å². The van der Waals surface area contributed by atoms with Crippen LogP contribution in [-0.2, 0) is 9.84 Å². The van der Waals surface area contributed by atoms with Crippen molar-refractivity contribution in [2.24, 2.45) is 0 Å². The number of sulfone groups is 1. The Morgan fingerprint density at radius 3 is 2.63 bits per heavy atom. The fraction of sp³-hybridized carbons (Fsp3) is 0.111. The number of rotatable bonds is 6. The summed E-state index contributed by atoms with van der Waals surface area (Å²) in [6.45, 7) is 0. The van der Waals surface area contributed by atoms with Crippen LogP contribution in [0.25, 0.3) is 11.3 Å². The van der Waals surface area contributed by atoms with Gasteiger partial charge in [0.05, 0.1) is 22.6 Å². The third-order valence-electron chi connectivity index (χ3n) is 3.95. The lowest BCUT2D eigenvalue weighted by atomic mass is 10.1. The molecule has 156 valence electrons. The molecule has 0 bridgehead atoms. The molecule has 0 spiro atoms. The third kappa shape index (κ3) is 4.60. The summed E-state index contributed by atoms with van der Waals surface area (Å²) < 4.78 is 42.3. The number of nitro groups is 1. The SMILES string of the molecule is COc1ccc(F)cc1-c1csc(NC(=O)c2cc([N+](=O)[O-])cc(S(C)(=O)=O)c2)n1. The van der Waals surface area contributed by atoms with Crippen LogP contribution in [0.15, 0.2) is 46.7 Å². The zero-order chi connectivity index (χ0) is 22.1. The molecule has 1 N–H and O–H groups in total. The largest absolute Gasteiger partial charge is 0.496 e. The normalized spacial score (nSPS) is 11.2. The number of methoxy groups -OCH3 is 1. The fourth-order valence-corrected chi connectivity index (χ4v) is 3.92. The molecule has 0 aliphatic heterocycles. The number of nitro benzene ring substituents is 1. The minimum absolute atomic E-state index is 0.133. The van der Waals surface area contributed by atoms with Gasteiger partial charge in [-0.25, -0.2) is 17.8 Å². The van der Waals surface area contributed by atoms with E-state index in [-0.39, 0.29) is 15.6 Å². The van der Waals surface area contributed by atoms with Gasteiger partial charge >= 0.3 is 0 Å². The average Bonchev–Trinajstić information content (AvgIpc) is 3.15. The third-order valence-corrected chi connectivity index (χ3v) is 5.80. The summed E-state index contributed by atoms with van der Waals surface area (Å²) in [6, 6.07) is 6.80. The number of aromatic nitrogens is 1. The minimum Gasteiger partial charge on any atom is -0.496 e. The maximum absolute atomic E-state index is 13.6. The van der Waals surface area contributed by atoms with E-state index in [9.17, 15) is 27.7 Å². The highest BCUT2D eigenvalue weighted by Gasteiger charge is 2.20. The molecule has 2 aromatic carbocycles. The number of halogens is 1. The molecule has 0 atom stereocenters. The van der Waals surface area contributed by atoms with Crippen molar-refractivity contribution in [1.29, 1.82) is 0 Å². The van der Waals surface area contributed by atoms with E-state index in [0.717, 1.165) is 35.8 Å². The molecule has 0 fully saturated rings. The Labute approximate surface area is 174 Å². The van der Waals surface area contributed by atoms with Gasteiger partial charge in [0.15, 0.2) is 15.0 Å². The van der Waals surface area contributed by atoms with Gasteiger partial charge in [-0.1, -0.05) is 0 Å². The Hall–Kier alpha value is -3.38. The summed E-state index contributed by atoms with van der Waals surface area (Å²) in [5.74, 6) is -0.888. The summed E-state index contributed by atoms with van der Waals surface area (Å²) >= 11 is 1.04. The number of anilines is 1. The van der Waals surface area contributed by atoms with E-state index in [2.05, 4.69) is 10.3 Å². The van der Waals surface area contributed by atoms with Gasteiger partial charge in [0, 0.05) is 34.9 Å². The number of carbonyl (C=O) groups excluding carboxylic acids is 1. The van der Waals surface area contributed by atoms with Crippen LogP contribution < -0.4 is 10.1 Å². The van der Waals surface area contributed by atoms with Crippen LogP contribution in [0.2, 0.25) is 0 Å². The van der Waals surface area contributed by atoms with Gasteiger partial charge in [-0.2, -0.15) is 0 Å². The molecule has 12 heteroatoms. The first-order valence-corrected chi connectivity index (χ1v) is 11.0. The number of thiazole rings is 1. The summed E-state index contributed by atoms with van der Waals surface area (Å²) in [6.07, 6.45) is 0.882. The van der Waals surface area contributed by atoms with Crippen molar-refractivity contribution >= 4 is 37.9 Å². The molecule has 0 aliphatic rings. The molecule has 0 unspecified atom stereocenters. The second-order valence-electron chi connectivity index (χ2n) is 6.08. The predicted octanol–water partition coefficient (Wildman–Crippen LogP) is 3.52. The van der Waals surface area contributed by atoms with Crippen LogP contribution in [0.5, 0.6) is 5.75 Å². The second kappa shape index (κ2) is 8.16. The highest BCUT2D eigenvalue weighted by molar-refractivity contribution is 7.90. The number of ether oxygens (including phenoxy) is 1. The summed E-state index contributed by atoms with van der Waals surface area (Å²) in [5.41, 5.74) is -0.0245. The zero-order valence-corrected chi connectivity index (χ0v) is 17.2. The average molecular weight is 451 g/mol. The van der Waals surface area contributed by atoms with Crippen molar-refractivity contribution in [3.8, 4) is 17.0 Å². The highest BCUT2D eigenvalue weighted by atomic mass is 32.2. The first kappa shape index (κ1) is 21.3. The molecule has 3 rings (SSSR count). The van der Waals surface area contributed by atoms with Crippen molar-refractivity contribution in [1.82, 2.24) is 4.98 Å². The molecule has 9 nitrogen and oxygen atoms in total. The number of carbonyl (C=O) groups is 1. The Morgan fingerprint density at radius 2 is 2.00 bits per heavy atom. The van der Waals surface area contributed by atoms with Crippen LogP contribution in [0.4, 0.5) is 15.2 Å². The highest BCUT2D eigenvalue weighted by Crippen LogP contribution is 2.33. The summed E-state index contributed by atoms with van der Waals surface area (Å²) in [5, 5.41) is 15.3. The molecule has 1 heterocycles. The van der Waals surface area contributed by atoms with Gasteiger partial charge in [-0.05, 0) is 24.3 Å². The first-order chi connectivity index (χ1) is 14.1. The number of non-ortho nitro benzene ring substituents is 1. The standard InChI is InChI=1S/C18H14FN3O6S2/c1-28-16-4-3-11(19)7-14(16)15-9-29-18(20-15)21-17(23)10-5-12(22(24)25)8-13(6-10)30(2,26)27/h3-9H,1-2H3,(H,20,21,23). The van der Waals surface area contributed by atoms with E-state index in [4.69, 9.17) is 4.74 Å². The summed E-state index contributed by atoms with van der Waals surface area (Å²) in [7, 11) is -2.35. The van der Waals surface area contributed by atoms with E-state index < -0.39 is 32.2 Å². The number of hydrogen-bond acceptors (Lipinski definition) is 8. The van der Waals surface area contributed by atoms with E-state index in [1.54, 1.807) is 5.38 Å². The van der Waals surface area contributed by atoms with Gasteiger partial charge in [0.2, 0.25) is 0 Å². The van der Waals surface area contributed by atoms with Crippen molar-refractivity contribution < 1.29 is 27.3 Å². The number of nitrogens with zero attached hydrogens (tertiary/aromatic N) is 2. The van der Waals surface area contributed by atoms with E-state index in [1.807, 2.05) is 0 Å². The number of amides is 1. The number of benzene rings is 2. The maximum atomic E-state index is 13.6.